The molecule has 2 aromatic heterocycles. The van der Waals surface area contributed by atoms with E-state index in [1.165, 1.54) is 22.2 Å². The highest BCUT2D eigenvalue weighted by atomic mass is 32.2. The number of nitrogens with zero attached hydrogens (tertiary/aromatic N) is 2. The van der Waals surface area contributed by atoms with E-state index in [1.807, 2.05) is 24.3 Å². The lowest BCUT2D eigenvalue weighted by molar-refractivity contribution is 0.220. The van der Waals surface area contributed by atoms with Crippen molar-refractivity contribution in [2.24, 2.45) is 5.92 Å². The van der Waals surface area contributed by atoms with E-state index in [2.05, 4.69) is 6.92 Å². The average Bonchev–Trinajstić information content (AvgIpc) is 3.04. The summed E-state index contributed by atoms with van der Waals surface area (Å²) in [6, 6.07) is 7.45. The van der Waals surface area contributed by atoms with Gasteiger partial charge in [0.25, 0.3) is 5.56 Å². The monoisotopic (exact) mass is 416 g/mol. The third-order valence-corrected chi connectivity index (χ3v) is 7.41. The van der Waals surface area contributed by atoms with Crippen LogP contribution < -0.4 is 10.3 Å². The molecule has 148 valence electrons. The fourth-order valence-electron chi connectivity index (χ4n) is 3.62. The number of aromatic nitrogens is 2. The van der Waals surface area contributed by atoms with Crippen LogP contribution in [0.3, 0.4) is 0 Å². The molecule has 0 unspecified atom stereocenters. The van der Waals surface area contributed by atoms with Gasteiger partial charge in [0.2, 0.25) is 0 Å². The Labute approximate surface area is 172 Å². The number of methoxy groups -OCH3 is 1. The van der Waals surface area contributed by atoms with Gasteiger partial charge in [0, 0.05) is 10.6 Å². The van der Waals surface area contributed by atoms with Gasteiger partial charge in [-0.3, -0.25) is 9.36 Å². The summed E-state index contributed by atoms with van der Waals surface area (Å²) in [5.74, 6) is 1.87. The van der Waals surface area contributed by atoms with Crippen molar-refractivity contribution in [1.29, 1.82) is 0 Å². The third-order valence-electron chi connectivity index (χ3n) is 5.08. The normalized spacial score (nSPS) is 17.5. The molecule has 2 atom stereocenters. The zero-order valence-electron chi connectivity index (χ0n) is 16.3. The number of thiophene rings is 1. The molecule has 0 saturated carbocycles. The molecule has 3 aromatic rings. The number of aliphatic hydroxyl groups excluding tert-OH is 1. The molecule has 1 aliphatic rings. The van der Waals surface area contributed by atoms with Crippen LogP contribution in [0.15, 0.2) is 34.2 Å². The molecule has 7 heteroatoms. The van der Waals surface area contributed by atoms with E-state index >= 15 is 0 Å². The van der Waals surface area contributed by atoms with Crippen LogP contribution in [0, 0.1) is 5.92 Å². The molecule has 0 radical (unpaired) electrons. The Balaban J connectivity index is 1.92. The Morgan fingerprint density at radius 3 is 2.82 bits per heavy atom. The van der Waals surface area contributed by atoms with E-state index in [0.717, 1.165) is 40.9 Å². The average molecular weight is 417 g/mol. The number of benzene rings is 1. The van der Waals surface area contributed by atoms with E-state index in [9.17, 15) is 9.90 Å². The quantitative estimate of drug-likeness (QED) is 0.502. The van der Waals surface area contributed by atoms with Crippen LogP contribution in [0.5, 0.6) is 5.75 Å². The first-order valence-corrected chi connectivity index (χ1v) is 11.3. The minimum atomic E-state index is -0.473. The number of hydrogen-bond donors (Lipinski definition) is 1. The third kappa shape index (κ3) is 3.58. The summed E-state index contributed by atoms with van der Waals surface area (Å²) < 4.78 is 6.93. The first kappa shape index (κ1) is 19.5. The van der Waals surface area contributed by atoms with Crippen LogP contribution in [-0.2, 0) is 12.8 Å². The minimum Gasteiger partial charge on any atom is -0.497 e. The van der Waals surface area contributed by atoms with Crippen molar-refractivity contribution in [2.45, 2.75) is 44.4 Å². The van der Waals surface area contributed by atoms with Crippen molar-refractivity contribution in [3.05, 3.63) is 45.1 Å². The van der Waals surface area contributed by atoms with E-state index in [0.29, 0.717) is 16.8 Å². The van der Waals surface area contributed by atoms with Crippen molar-refractivity contribution in [1.82, 2.24) is 9.55 Å². The Morgan fingerprint density at radius 2 is 2.14 bits per heavy atom. The Bertz CT molecular complexity index is 1050. The van der Waals surface area contributed by atoms with Crippen LogP contribution in [-0.4, -0.2) is 33.6 Å². The van der Waals surface area contributed by atoms with Gasteiger partial charge in [-0.1, -0.05) is 18.7 Å². The van der Waals surface area contributed by atoms with Gasteiger partial charge in [0.05, 0.1) is 24.3 Å². The summed E-state index contributed by atoms with van der Waals surface area (Å²) in [5.41, 5.74) is 1.93. The second-order valence-electron chi connectivity index (χ2n) is 7.42. The number of thioether (sulfide) groups is 1. The summed E-state index contributed by atoms with van der Waals surface area (Å²) in [7, 11) is 1.62. The predicted molar refractivity (Wildman–Crippen MR) is 115 cm³/mol. The van der Waals surface area contributed by atoms with Crippen LogP contribution in [0.1, 0.15) is 30.7 Å². The first-order chi connectivity index (χ1) is 13.5. The first-order valence-electron chi connectivity index (χ1n) is 9.50. The van der Waals surface area contributed by atoms with E-state index in [4.69, 9.17) is 9.72 Å². The van der Waals surface area contributed by atoms with Gasteiger partial charge in [0.15, 0.2) is 5.16 Å². The number of ether oxygens (including phenoxy) is 1. The zero-order valence-corrected chi connectivity index (χ0v) is 17.9. The summed E-state index contributed by atoms with van der Waals surface area (Å²) in [6.07, 6.45) is 2.60. The van der Waals surface area contributed by atoms with E-state index in [1.54, 1.807) is 29.9 Å². The molecule has 28 heavy (non-hydrogen) atoms. The molecule has 2 heterocycles. The van der Waals surface area contributed by atoms with Crippen LogP contribution in [0.25, 0.3) is 15.9 Å². The summed E-state index contributed by atoms with van der Waals surface area (Å²) in [5, 5.41) is 11.1. The van der Waals surface area contributed by atoms with Gasteiger partial charge in [-0.25, -0.2) is 4.98 Å². The van der Waals surface area contributed by atoms with Gasteiger partial charge in [-0.2, -0.15) is 0 Å². The number of aliphatic hydroxyl groups is 1. The number of fused-ring (bicyclic) bond motifs is 3. The molecule has 0 aliphatic heterocycles. The Hall–Kier alpha value is -1.83. The zero-order chi connectivity index (χ0) is 19.8. The summed E-state index contributed by atoms with van der Waals surface area (Å²) in [6.45, 7) is 4.01. The van der Waals surface area contributed by atoms with Gasteiger partial charge in [-0.05, 0) is 61.9 Å². The summed E-state index contributed by atoms with van der Waals surface area (Å²) >= 11 is 3.07. The maximum atomic E-state index is 13.6. The molecule has 0 spiro atoms. The largest absolute Gasteiger partial charge is 0.497 e. The van der Waals surface area contributed by atoms with Crippen molar-refractivity contribution >= 4 is 33.3 Å². The second-order valence-corrected chi connectivity index (χ2v) is 9.50. The molecule has 5 nitrogen and oxygen atoms in total. The topological polar surface area (TPSA) is 64.3 Å². The fraction of sp³-hybridized carbons (Fsp3) is 0.429. The molecule has 1 aliphatic carbocycles. The standard InChI is InChI=1S/C21H24N2O3S2/c1-12-4-9-16-17(10-12)28-19-18(16)20(25)23(21(22-19)27-11-13(2)24)14-5-7-15(26-3)8-6-14/h5-8,12-13,24H,4,9-11H2,1-3H3/t12-,13+/m0/s1. The Morgan fingerprint density at radius 1 is 1.39 bits per heavy atom. The highest BCUT2D eigenvalue weighted by Crippen LogP contribution is 2.37. The van der Waals surface area contributed by atoms with Crippen molar-refractivity contribution in [2.75, 3.05) is 12.9 Å². The van der Waals surface area contributed by atoms with Crippen molar-refractivity contribution < 1.29 is 9.84 Å². The van der Waals surface area contributed by atoms with Gasteiger partial charge >= 0.3 is 0 Å². The molecule has 1 aromatic carbocycles. The molecule has 0 bridgehead atoms. The lowest BCUT2D eigenvalue weighted by atomic mass is 9.89. The molecular formula is C21H24N2O3S2. The molecular weight excluding hydrogens is 392 g/mol. The lowest BCUT2D eigenvalue weighted by Crippen LogP contribution is -2.23. The van der Waals surface area contributed by atoms with E-state index in [-0.39, 0.29) is 5.56 Å². The minimum absolute atomic E-state index is 0.0182. The second kappa shape index (κ2) is 7.89. The van der Waals surface area contributed by atoms with Crippen molar-refractivity contribution in [3.8, 4) is 11.4 Å². The predicted octanol–water partition coefficient (Wildman–Crippen LogP) is 4.05. The highest BCUT2D eigenvalue weighted by molar-refractivity contribution is 7.99. The molecule has 0 fully saturated rings. The molecule has 0 saturated heterocycles. The highest BCUT2D eigenvalue weighted by Gasteiger charge is 2.25. The fourth-order valence-corrected chi connectivity index (χ4v) is 5.92. The molecule has 1 N–H and O–H groups in total. The number of rotatable bonds is 5. The number of hydrogen-bond acceptors (Lipinski definition) is 6. The maximum absolute atomic E-state index is 13.6. The SMILES string of the molecule is COc1ccc(-n2c(SC[C@@H](C)O)nc3sc4c(c3c2=O)CC[C@H](C)C4)cc1. The van der Waals surface area contributed by atoms with Gasteiger partial charge in [0.1, 0.15) is 10.6 Å². The number of aryl methyl sites for hydroxylation is 1. The van der Waals surface area contributed by atoms with E-state index < -0.39 is 6.10 Å². The van der Waals surface area contributed by atoms with Gasteiger partial charge in [-0.15, -0.1) is 11.3 Å². The summed E-state index contributed by atoms with van der Waals surface area (Å²) in [4.78, 5) is 20.6. The maximum Gasteiger partial charge on any atom is 0.267 e. The van der Waals surface area contributed by atoms with Gasteiger partial charge < -0.3 is 9.84 Å². The van der Waals surface area contributed by atoms with Crippen LogP contribution >= 0.6 is 23.1 Å². The van der Waals surface area contributed by atoms with Crippen LogP contribution in [0.4, 0.5) is 0 Å². The molecule has 0 amide bonds. The molecule has 4 rings (SSSR count). The smallest absolute Gasteiger partial charge is 0.267 e. The Kier molecular flexibility index (Phi) is 5.49. The lowest BCUT2D eigenvalue weighted by Gasteiger charge is -2.18. The van der Waals surface area contributed by atoms with Crippen molar-refractivity contribution in [3.63, 3.8) is 0 Å². The van der Waals surface area contributed by atoms with Crippen LogP contribution in [0.2, 0.25) is 0 Å².